The first-order valence-electron chi connectivity index (χ1n) is 9.90. The number of aliphatic carboxylic acids is 1. The summed E-state index contributed by atoms with van der Waals surface area (Å²) in [4.78, 5) is 58.8. The summed E-state index contributed by atoms with van der Waals surface area (Å²) in [6.07, 6.45) is -1.25. The number of carboxylic acids is 1. The molecule has 3 amide bonds. The first-order chi connectivity index (χ1) is 16.1. The lowest BCUT2D eigenvalue weighted by Gasteiger charge is -2.45. The van der Waals surface area contributed by atoms with Crippen LogP contribution in [0.2, 0.25) is 0 Å². The Balaban J connectivity index is 1.87. The highest BCUT2D eigenvalue weighted by molar-refractivity contribution is 7.84. The van der Waals surface area contributed by atoms with Gasteiger partial charge in [0.15, 0.2) is 10.8 Å². The largest absolute Gasteiger partial charge is 0.478 e. The Morgan fingerprint density at radius 2 is 2.09 bits per heavy atom. The number of cyclic esters (lactones) is 1. The van der Waals surface area contributed by atoms with Gasteiger partial charge in [-0.25, -0.2) is 18.9 Å². The van der Waals surface area contributed by atoms with E-state index in [-0.39, 0.29) is 28.2 Å². The monoisotopic (exact) mass is 534 g/mol. The second-order valence-electron chi connectivity index (χ2n) is 8.15. The van der Waals surface area contributed by atoms with E-state index in [1.165, 1.54) is 19.2 Å². The van der Waals surface area contributed by atoms with Crippen molar-refractivity contribution in [3.05, 3.63) is 11.1 Å². The summed E-state index contributed by atoms with van der Waals surface area (Å²) in [5, 5.41) is 16.5. The number of amides is 3. The van der Waals surface area contributed by atoms with E-state index in [0.29, 0.717) is 0 Å². The number of carbonyl (C=O) groups is 4. The van der Waals surface area contributed by atoms with Crippen molar-refractivity contribution < 1.29 is 46.8 Å². The first kappa shape index (κ1) is 26.1. The number of β-lactam (4-membered cyclic amide) rings is 1. The summed E-state index contributed by atoms with van der Waals surface area (Å²) in [5.41, 5.74) is 3.11. The molecule has 192 valence electrons. The third-order valence-corrected chi connectivity index (χ3v) is 6.63. The molecule has 1 aromatic heterocycles. The summed E-state index contributed by atoms with van der Waals surface area (Å²) in [6, 6.07) is -2.86. The number of aromatic nitrogens is 1. The molecule has 1 unspecified atom stereocenters. The van der Waals surface area contributed by atoms with Gasteiger partial charge in [0, 0.05) is 11.9 Å². The molecule has 18 heteroatoms. The predicted octanol–water partition coefficient (Wildman–Crippen LogP) is -1.35. The van der Waals surface area contributed by atoms with Crippen LogP contribution in [0.15, 0.2) is 10.5 Å². The molecule has 5 N–H and O–H groups in total. The van der Waals surface area contributed by atoms with E-state index < -0.39 is 63.7 Å². The number of nitrogens with two attached hydrogens (primary N) is 1. The molecule has 3 heterocycles. The number of anilines is 1. The minimum absolute atomic E-state index is 0.0507. The van der Waals surface area contributed by atoms with Crippen LogP contribution in [0.5, 0.6) is 0 Å². The predicted molar refractivity (Wildman–Crippen MR) is 117 cm³/mol. The molecule has 3 atom stereocenters. The molecule has 1 aromatic rings. The topological polar surface area (TPSA) is 231 Å². The molecule has 2 saturated heterocycles. The van der Waals surface area contributed by atoms with E-state index in [2.05, 4.69) is 15.5 Å². The minimum atomic E-state index is -5.01. The van der Waals surface area contributed by atoms with Crippen LogP contribution < -0.4 is 11.1 Å². The van der Waals surface area contributed by atoms with Crippen molar-refractivity contribution in [2.75, 3.05) is 18.8 Å². The second kappa shape index (κ2) is 9.27. The number of carbonyl (C=O) groups excluding carboxylic acids is 3. The summed E-state index contributed by atoms with van der Waals surface area (Å²) >= 11 is 0.943. The number of ether oxygens (including phenoxy) is 1. The van der Waals surface area contributed by atoms with Crippen LogP contribution in [0.1, 0.15) is 26.5 Å². The Morgan fingerprint density at radius 3 is 2.57 bits per heavy atom. The summed E-state index contributed by atoms with van der Waals surface area (Å²) in [7, 11) is -5.01. The van der Waals surface area contributed by atoms with Gasteiger partial charge >= 0.3 is 22.4 Å². The Kier molecular flexibility index (Phi) is 6.91. The quantitative estimate of drug-likeness (QED) is 0.125. The number of carboxylic acid groups (broad SMARTS) is 1. The fourth-order valence-electron chi connectivity index (χ4n) is 3.19. The molecule has 0 radical (unpaired) electrons. The van der Waals surface area contributed by atoms with Gasteiger partial charge in [-0.3, -0.25) is 14.1 Å². The van der Waals surface area contributed by atoms with Gasteiger partial charge in [-0.05, 0) is 20.8 Å². The number of oxime groups is 1. The molecular formula is C17H22N6O10S2. The highest BCUT2D eigenvalue weighted by atomic mass is 32.2. The molecular weight excluding hydrogens is 512 g/mol. The SMILES string of the molecule is CC1CN(C[C@@H]2[C@H](NC(=O)/C(=N\OC(C)(C)C(=O)O)c3csc(N)n3)C(=O)N2S(=O)(=O)O)C(=O)O1. The van der Waals surface area contributed by atoms with Crippen LogP contribution in [-0.2, 0) is 34.3 Å². The van der Waals surface area contributed by atoms with Crippen molar-refractivity contribution in [1.82, 2.24) is 19.5 Å². The van der Waals surface area contributed by atoms with Gasteiger partial charge in [0.2, 0.25) is 5.60 Å². The molecule has 0 bridgehead atoms. The maximum atomic E-state index is 13.0. The maximum absolute atomic E-state index is 13.0. The van der Waals surface area contributed by atoms with Gasteiger partial charge in [0.1, 0.15) is 17.8 Å². The Morgan fingerprint density at radius 1 is 1.43 bits per heavy atom. The molecule has 0 aliphatic carbocycles. The average molecular weight is 535 g/mol. The second-order valence-corrected chi connectivity index (χ2v) is 10.3. The molecule has 0 saturated carbocycles. The van der Waals surface area contributed by atoms with Crippen molar-refractivity contribution in [2.45, 2.75) is 44.6 Å². The van der Waals surface area contributed by atoms with Crippen LogP contribution >= 0.6 is 11.3 Å². The van der Waals surface area contributed by atoms with Crippen molar-refractivity contribution in [3.8, 4) is 0 Å². The van der Waals surface area contributed by atoms with Crippen LogP contribution in [0.3, 0.4) is 0 Å². The van der Waals surface area contributed by atoms with E-state index in [1.54, 1.807) is 6.92 Å². The lowest BCUT2D eigenvalue weighted by atomic mass is 9.97. The summed E-state index contributed by atoms with van der Waals surface area (Å²) < 4.78 is 38.0. The molecule has 35 heavy (non-hydrogen) atoms. The fourth-order valence-corrected chi connectivity index (χ4v) is 4.61. The molecule has 3 rings (SSSR count). The van der Waals surface area contributed by atoms with Crippen LogP contribution in [-0.4, -0.2) is 98.7 Å². The zero-order valence-electron chi connectivity index (χ0n) is 18.6. The number of nitrogens with zero attached hydrogens (tertiary/aromatic N) is 4. The smallest absolute Gasteiger partial charge is 0.410 e. The standard InChI is InChI=1S/C17H22N6O10S2/c1-7-4-22(16(28)32-7)5-9-11(13(25)23(9)35(29,30)31)20-12(24)10(8-6-34-15(18)19-8)21-33-17(2,3)14(26)27/h6-7,9,11H,4-5H2,1-3H3,(H2,18,19)(H,20,24)(H,26,27)(H,29,30,31)/b21-10-/t7?,9-,11+/m1/s1. The summed E-state index contributed by atoms with van der Waals surface area (Å²) in [6.45, 7) is 3.67. The van der Waals surface area contributed by atoms with Gasteiger partial charge in [0.25, 0.3) is 11.8 Å². The molecule has 2 fully saturated rings. The minimum Gasteiger partial charge on any atom is -0.478 e. The molecule has 2 aliphatic rings. The van der Waals surface area contributed by atoms with E-state index in [1.807, 2.05) is 0 Å². The van der Waals surface area contributed by atoms with Crippen molar-refractivity contribution in [2.24, 2.45) is 5.16 Å². The lowest BCUT2D eigenvalue weighted by Crippen LogP contribution is -2.74. The Hall–Kier alpha value is -3.51. The number of nitrogen functional groups attached to an aromatic ring is 1. The van der Waals surface area contributed by atoms with Gasteiger partial charge in [-0.15, -0.1) is 11.3 Å². The van der Waals surface area contributed by atoms with Gasteiger partial charge < -0.3 is 30.6 Å². The number of thiazole rings is 1. The van der Waals surface area contributed by atoms with Gasteiger partial charge in [0.05, 0.1) is 12.6 Å². The highest BCUT2D eigenvalue weighted by Gasteiger charge is 2.55. The maximum Gasteiger partial charge on any atom is 0.410 e. The van der Waals surface area contributed by atoms with Crippen LogP contribution in [0.4, 0.5) is 9.93 Å². The third-order valence-electron chi connectivity index (χ3n) is 5.01. The van der Waals surface area contributed by atoms with E-state index in [0.717, 1.165) is 16.2 Å². The Bertz CT molecular complexity index is 1200. The average Bonchev–Trinajstić information content (AvgIpc) is 3.29. The number of hydrogen-bond acceptors (Lipinski definition) is 12. The number of rotatable bonds is 9. The lowest BCUT2D eigenvalue weighted by molar-refractivity contribution is -0.161. The number of nitrogens with one attached hydrogen (secondary N) is 1. The van der Waals surface area contributed by atoms with Crippen LogP contribution in [0, 0.1) is 0 Å². The first-order valence-corrected chi connectivity index (χ1v) is 12.2. The van der Waals surface area contributed by atoms with Crippen molar-refractivity contribution in [3.63, 3.8) is 0 Å². The van der Waals surface area contributed by atoms with Crippen molar-refractivity contribution >= 4 is 56.4 Å². The zero-order valence-corrected chi connectivity index (χ0v) is 20.2. The molecule has 16 nitrogen and oxygen atoms in total. The highest BCUT2D eigenvalue weighted by Crippen LogP contribution is 2.26. The molecule has 2 aliphatic heterocycles. The molecule has 0 aromatic carbocycles. The zero-order chi connectivity index (χ0) is 26.3. The fraction of sp³-hybridized carbons (Fsp3) is 0.529. The van der Waals surface area contributed by atoms with E-state index in [4.69, 9.17) is 15.3 Å². The third kappa shape index (κ3) is 5.43. The molecule has 0 spiro atoms. The van der Waals surface area contributed by atoms with Gasteiger partial charge in [-0.1, -0.05) is 5.16 Å². The van der Waals surface area contributed by atoms with E-state index >= 15 is 0 Å². The van der Waals surface area contributed by atoms with E-state index in [9.17, 15) is 37.3 Å². The number of hydrogen-bond donors (Lipinski definition) is 4. The van der Waals surface area contributed by atoms with Crippen molar-refractivity contribution in [1.29, 1.82) is 0 Å². The normalized spacial score (nSPS) is 23.1. The van der Waals surface area contributed by atoms with Crippen LogP contribution in [0.25, 0.3) is 0 Å². The van der Waals surface area contributed by atoms with Gasteiger partial charge in [-0.2, -0.15) is 8.42 Å². The Labute approximate surface area is 202 Å². The summed E-state index contributed by atoms with van der Waals surface area (Å²) in [5.74, 6) is -3.63.